The number of carbonyl (C=O) groups is 4. The molecule has 30 heavy (non-hydrogen) atoms. The first-order chi connectivity index (χ1) is 14.0. The highest BCUT2D eigenvalue weighted by Gasteiger charge is 2.60. The van der Waals surface area contributed by atoms with Gasteiger partial charge in [0, 0.05) is 30.1 Å². The second-order valence-corrected chi connectivity index (χ2v) is 8.12. The third kappa shape index (κ3) is 3.55. The van der Waals surface area contributed by atoms with Crippen LogP contribution in [0.5, 0.6) is 0 Å². The van der Waals surface area contributed by atoms with E-state index in [1.807, 2.05) is 6.92 Å². The number of carbonyl (C=O) groups excluding carboxylic acids is 4. The second-order valence-electron chi connectivity index (χ2n) is 8.12. The molecule has 0 spiro atoms. The van der Waals surface area contributed by atoms with Gasteiger partial charge in [-0.15, -0.1) is 0 Å². The van der Waals surface area contributed by atoms with Crippen LogP contribution in [0.25, 0.3) is 0 Å². The van der Waals surface area contributed by atoms with Crippen LogP contribution >= 0.6 is 0 Å². The molecule has 0 amide bonds. The van der Waals surface area contributed by atoms with Gasteiger partial charge >= 0.3 is 17.9 Å². The molecule has 162 valence electrons. The van der Waals surface area contributed by atoms with E-state index in [2.05, 4.69) is 6.58 Å². The number of hydrogen-bond acceptors (Lipinski definition) is 8. The van der Waals surface area contributed by atoms with Gasteiger partial charge in [0.15, 0.2) is 12.2 Å². The molecule has 8 heteroatoms. The van der Waals surface area contributed by atoms with Crippen molar-refractivity contribution in [1.29, 1.82) is 0 Å². The molecule has 0 aromatic carbocycles. The summed E-state index contributed by atoms with van der Waals surface area (Å²) in [6.45, 7) is 11.6. The summed E-state index contributed by atoms with van der Waals surface area (Å²) < 4.78 is 22.8. The molecular weight excluding hydrogens is 392 g/mol. The Kier molecular flexibility index (Phi) is 5.62. The lowest BCUT2D eigenvalue weighted by Gasteiger charge is -2.38. The van der Waals surface area contributed by atoms with Gasteiger partial charge < -0.3 is 18.9 Å². The Labute approximate surface area is 174 Å². The van der Waals surface area contributed by atoms with E-state index in [9.17, 15) is 19.2 Å². The Balaban J connectivity index is 2.17. The minimum atomic E-state index is -1.62. The lowest BCUT2D eigenvalue weighted by Crippen LogP contribution is -2.57. The molecule has 3 heterocycles. The van der Waals surface area contributed by atoms with E-state index in [-0.39, 0.29) is 11.5 Å². The Bertz CT molecular complexity index is 882. The zero-order chi connectivity index (χ0) is 22.4. The summed E-state index contributed by atoms with van der Waals surface area (Å²) >= 11 is 0. The first kappa shape index (κ1) is 21.8. The summed E-state index contributed by atoms with van der Waals surface area (Å²) in [4.78, 5) is 49.9. The Morgan fingerprint density at radius 1 is 1.27 bits per heavy atom. The maximum Gasteiger partial charge on any atom is 0.334 e. The Morgan fingerprint density at radius 3 is 2.53 bits per heavy atom. The van der Waals surface area contributed by atoms with Gasteiger partial charge in [-0.25, -0.2) is 9.59 Å². The fourth-order valence-electron chi connectivity index (χ4n) is 4.08. The fourth-order valence-corrected chi connectivity index (χ4v) is 4.08. The molecule has 2 saturated heterocycles. The highest BCUT2D eigenvalue weighted by Crippen LogP contribution is 2.45. The minimum Gasteiger partial charge on any atom is -0.479 e. The van der Waals surface area contributed by atoms with Crippen LogP contribution in [-0.2, 0) is 38.1 Å². The summed E-state index contributed by atoms with van der Waals surface area (Å²) in [6, 6.07) is 0. The third-order valence-electron chi connectivity index (χ3n) is 5.97. The largest absolute Gasteiger partial charge is 0.479 e. The van der Waals surface area contributed by atoms with Gasteiger partial charge in [-0.1, -0.05) is 19.6 Å². The second kappa shape index (κ2) is 7.74. The molecule has 0 aliphatic carbocycles. The lowest BCUT2D eigenvalue weighted by molar-refractivity contribution is -0.193. The maximum absolute atomic E-state index is 12.9. The summed E-state index contributed by atoms with van der Waals surface area (Å²) in [5, 5.41) is 0. The number of fused-ring (bicyclic) bond motifs is 3. The fraction of sp³-hybridized carbons (Fsp3) is 0.545. The summed E-state index contributed by atoms with van der Waals surface area (Å²) in [5.41, 5.74) is -1.20. The van der Waals surface area contributed by atoms with E-state index in [0.717, 1.165) is 0 Å². The zero-order valence-electron chi connectivity index (χ0n) is 17.7. The molecule has 3 rings (SSSR count). The molecule has 2 fully saturated rings. The van der Waals surface area contributed by atoms with Crippen LogP contribution in [0, 0.1) is 11.8 Å². The van der Waals surface area contributed by atoms with Crippen LogP contribution in [0.1, 0.15) is 41.0 Å². The first-order valence-corrected chi connectivity index (χ1v) is 9.85. The molecule has 0 aromatic rings. The highest BCUT2D eigenvalue weighted by molar-refractivity contribution is 6.00. The number of ketones is 1. The van der Waals surface area contributed by atoms with E-state index in [1.165, 1.54) is 19.9 Å². The van der Waals surface area contributed by atoms with Gasteiger partial charge in [-0.2, -0.15) is 0 Å². The highest BCUT2D eigenvalue weighted by atomic mass is 16.6. The molecule has 0 aromatic heterocycles. The summed E-state index contributed by atoms with van der Waals surface area (Å²) in [5.74, 6) is -3.02. The van der Waals surface area contributed by atoms with Crippen molar-refractivity contribution in [1.82, 2.24) is 0 Å². The molecule has 8 nitrogen and oxygen atoms in total. The molecular formula is C22H26O8. The standard InChI is InChI=1S/C22H26O8/c1-7-10(2)20(25)29-18-17-12(4)21(26)28-15(17)8-11(3)14-9-16(24)22(6,30-14)19(18)27-13(5)23/h7,9,11,15,17-19H,4,8H2,1-3,5-6H3. The molecule has 3 aliphatic rings. The molecule has 6 atom stereocenters. The van der Waals surface area contributed by atoms with Crippen LogP contribution in [0.3, 0.4) is 0 Å². The van der Waals surface area contributed by atoms with Gasteiger partial charge in [0.25, 0.3) is 0 Å². The summed E-state index contributed by atoms with van der Waals surface area (Å²) in [6.07, 6.45) is 0.0595. The van der Waals surface area contributed by atoms with Gasteiger partial charge in [-0.3, -0.25) is 9.59 Å². The smallest absolute Gasteiger partial charge is 0.334 e. The average molecular weight is 418 g/mol. The number of allylic oxidation sites excluding steroid dienone is 2. The molecule has 2 bridgehead atoms. The molecule has 0 saturated carbocycles. The van der Waals surface area contributed by atoms with Crippen molar-refractivity contribution < 1.29 is 38.1 Å². The van der Waals surface area contributed by atoms with Gasteiger partial charge in [-0.05, 0) is 27.2 Å². The molecule has 0 radical (unpaired) electrons. The van der Waals surface area contributed by atoms with Crippen molar-refractivity contribution >= 4 is 23.7 Å². The van der Waals surface area contributed by atoms with Crippen molar-refractivity contribution in [2.75, 3.05) is 0 Å². The predicted octanol–water partition coefficient (Wildman–Crippen LogP) is 2.18. The quantitative estimate of drug-likeness (QED) is 0.390. The number of hydrogen-bond donors (Lipinski definition) is 0. The van der Waals surface area contributed by atoms with Crippen LogP contribution < -0.4 is 0 Å². The average Bonchev–Trinajstić information content (AvgIpc) is 3.13. The van der Waals surface area contributed by atoms with Crippen molar-refractivity contribution in [3.63, 3.8) is 0 Å². The zero-order valence-corrected chi connectivity index (χ0v) is 17.7. The van der Waals surface area contributed by atoms with Gasteiger partial charge in [0.05, 0.1) is 5.92 Å². The van der Waals surface area contributed by atoms with Crippen LogP contribution in [0.15, 0.2) is 35.6 Å². The van der Waals surface area contributed by atoms with Crippen molar-refractivity contribution in [3.05, 3.63) is 35.6 Å². The Morgan fingerprint density at radius 2 is 1.93 bits per heavy atom. The van der Waals surface area contributed by atoms with E-state index >= 15 is 0 Å². The van der Waals surface area contributed by atoms with E-state index in [1.54, 1.807) is 19.9 Å². The molecule has 0 N–H and O–H groups in total. The van der Waals surface area contributed by atoms with Crippen molar-refractivity contribution in [2.24, 2.45) is 11.8 Å². The van der Waals surface area contributed by atoms with Crippen LogP contribution in [0.4, 0.5) is 0 Å². The van der Waals surface area contributed by atoms with Crippen molar-refractivity contribution in [2.45, 2.75) is 65.0 Å². The first-order valence-electron chi connectivity index (χ1n) is 9.85. The van der Waals surface area contributed by atoms with Gasteiger partial charge in [0.1, 0.15) is 11.9 Å². The van der Waals surface area contributed by atoms with E-state index < -0.39 is 53.5 Å². The van der Waals surface area contributed by atoms with E-state index in [0.29, 0.717) is 17.8 Å². The third-order valence-corrected chi connectivity index (χ3v) is 5.97. The van der Waals surface area contributed by atoms with E-state index in [4.69, 9.17) is 18.9 Å². The topological polar surface area (TPSA) is 105 Å². The molecule has 6 unspecified atom stereocenters. The van der Waals surface area contributed by atoms with Gasteiger partial charge in [0.2, 0.25) is 11.4 Å². The monoisotopic (exact) mass is 418 g/mol. The van der Waals surface area contributed by atoms with Crippen molar-refractivity contribution in [3.8, 4) is 0 Å². The number of rotatable bonds is 3. The number of ether oxygens (including phenoxy) is 4. The minimum absolute atomic E-state index is 0.100. The predicted molar refractivity (Wildman–Crippen MR) is 104 cm³/mol. The lowest BCUT2D eigenvalue weighted by atomic mass is 9.78. The SMILES string of the molecule is C=C1C(=O)OC2CC(C)C3=CC(=O)C(C)(O3)C(OC(C)=O)C(OC(=O)C(C)=CC)C12. The van der Waals surface area contributed by atoms with Crippen LogP contribution in [0.2, 0.25) is 0 Å². The summed E-state index contributed by atoms with van der Waals surface area (Å²) in [7, 11) is 0. The normalized spacial score (nSPS) is 35.9. The molecule has 3 aliphatic heterocycles. The Hall–Kier alpha value is -2.90. The van der Waals surface area contributed by atoms with Crippen LogP contribution in [-0.4, -0.2) is 47.6 Å². The maximum atomic E-state index is 12.9. The number of esters is 3.